The lowest BCUT2D eigenvalue weighted by molar-refractivity contribution is 0.534. The number of halogens is 1. The summed E-state index contributed by atoms with van der Waals surface area (Å²) in [4.78, 5) is 0.195. The largest absolute Gasteiger partial charge is 0.268 e. The van der Waals surface area contributed by atoms with Crippen molar-refractivity contribution in [3.05, 3.63) is 41.0 Å². The van der Waals surface area contributed by atoms with Crippen molar-refractivity contribution in [2.24, 2.45) is 0 Å². The van der Waals surface area contributed by atoms with Crippen molar-refractivity contribution < 1.29 is 8.42 Å². The summed E-state index contributed by atoms with van der Waals surface area (Å²) in [5.74, 6) is 0.314. The summed E-state index contributed by atoms with van der Waals surface area (Å²) < 4.78 is 29.2. The number of nitrogens with one attached hydrogen (secondary N) is 1. The van der Waals surface area contributed by atoms with E-state index in [4.69, 9.17) is 0 Å². The summed E-state index contributed by atoms with van der Waals surface area (Å²) in [6.07, 6.45) is 1.74. The van der Waals surface area contributed by atoms with Crippen LogP contribution in [0.2, 0.25) is 0 Å². The number of anilines is 1. The first-order valence-electron chi connectivity index (χ1n) is 5.72. The van der Waals surface area contributed by atoms with Gasteiger partial charge in [-0.15, -0.1) is 0 Å². The molecule has 2 aromatic rings. The van der Waals surface area contributed by atoms with Crippen molar-refractivity contribution in [1.29, 1.82) is 0 Å². The highest BCUT2D eigenvalue weighted by Crippen LogP contribution is 2.19. The molecule has 19 heavy (non-hydrogen) atoms. The van der Waals surface area contributed by atoms with Crippen molar-refractivity contribution in [2.45, 2.75) is 24.8 Å². The molecule has 0 saturated heterocycles. The monoisotopic (exact) mass is 343 g/mol. The molecule has 0 unspecified atom stereocenters. The Hall–Kier alpha value is -1.34. The first kappa shape index (κ1) is 14.1. The molecule has 0 fully saturated rings. The van der Waals surface area contributed by atoms with Gasteiger partial charge in [0.15, 0.2) is 5.82 Å². The third kappa shape index (κ3) is 3.36. The minimum atomic E-state index is -3.60. The van der Waals surface area contributed by atoms with E-state index in [-0.39, 0.29) is 10.9 Å². The molecule has 0 amide bonds. The molecule has 0 bridgehead atoms. The van der Waals surface area contributed by atoms with Gasteiger partial charge < -0.3 is 0 Å². The predicted octanol–water partition coefficient (Wildman–Crippen LogP) is 3.03. The lowest BCUT2D eigenvalue weighted by Gasteiger charge is -2.07. The van der Waals surface area contributed by atoms with Crippen LogP contribution in [-0.4, -0.2) is 18.2 Å². The molecule has 0 aliphatic carbocycles. The number of nitrogens with zero attached hydrogens (tertiary/aromatic N) is 2. The Morgan fingerprint density at radius 1 is 1.32 bits per heavy atom. The van der Waals surface area contributed by atoms with Crippen LogP contribution in [0.4, 0.5) is 5.82 Å². The molecular formula is C12H14BrN3O2S. The Bertz CT molecular complexity index is 680. The van der Waals surface area contributed by atoms with Crippen molar-refractivity contribution >= 4 is 31.8 Å². The molecule has 0 atom stereocenters. The highest BCUT2D eigenvalue weighted by atomic mass is 79.9. The fourth-order valence-corrected chi connectivity index (χ4v) is 3.10. The van der Waals surface area contributed by atoms with Crippen LogP contribution in [0.3, 0.4) is 0 Å². The Labute approximate surface area is 120 Å². The van der Waals surface area contributed by atoms with Gasteiger partial charge in [-0.3, -0.25) is 9.40 Å². The van der Waals surface area contributed by atoms with Crippen LogP contribution in [-0.2, 0) is 10.0 Å². The lowest BCUT2D eigenvalue weighted by atomic mass is 10.4. The van der Waals surface area contributed by atoms with Gasteiger partial charge in [0.25, 0.3) is 10.0 Å². The second-order valence-electron chi connectivity index (χ2n) is 4.34. The van der Waals surface area contributed by atoms with Crippen molar-refractivity contribution in [2.75, 3.05) is 4.72 Å². The molecule has 2 rings (SSSR count). The highest BCUT2D eigenvalue weighted by molar-refractivity contribution is 9.10. The second kappa shape index (κ2) is 5.34. The Morgan fingerprint density at radius 2 is 2.05 bits per heavy atom. The van der Waals surface area contributed by atoms with Crippen molar-refractivity contribution in [1.82, 2.24) is 9.78 Å². The lowest BCUT2D eigenvalue weighted by Crippen LogP contribution is -2.14. The summed E-state index contributed by atoms with van der Waals surface area (Å²) in [6, 6.07) is 8.34. The number of hydrogen-bond acceptors (Lipinski definition) is 3. The Kier molecular flexibility index (Phi) is 3.96. The number of hydrogen-bond donors (Lipinski definition) is 1. The molecule has 0 radical (unpaired) electrons. The molecule has 5 nitrogen and oxygen atoms in total. The summed E-state index contributed by atoms with van der Waals surface area (Å²) in [5, 5.41) is 4.16. The molecule has 102 valence electrons. The molecular weight excluding hydrogens is 330 g/mol. The molecule has 1 aromatic carbocycles. The Balaban J connectivity index is 2.26. The molecule has 0 aliphatic rings. The smallest absolute Gasteiger partial charge is 0.263 e. The number of rotatable bonds is 4. The second-order valence-corrected chi connectivity index (χ2v) is 6.94. The van der Waals surface area contributed by atoms with E-state index in [2.05, 4.69) is 25.8 Å². The van der Waals surface area contributed by atoms with E-state index in [0.717, 1.165) is 0 Å². The van der Waals surface area contributed by atoms with Crippen LogP contribution in [0.15, 0.2) is 45.9 Å². The molecule has 1 aromatic heterocycles. The number of aromatic nitrogens is 2. The molecule has 1 N–H and O–H groups in total. The Morgan fingerprint density at radius 3 is 2.63 bits per heavy atom. The molecule has 1 heterocycles. The van der Waals surface area contributed by atoms with Crippen LogP contribution in [0.25, 0.3) is 0 Å². The van der Waals surface area contributed by atoms with Gasteiger partial charge in [0.2, 0.25) is 0 Å². The van der Waals surface area contributed by atoms with E-state index in [1.807, 2.05) is 13.8 Å². The van der Waals surface area contributed by atoms with Gasteiger partial charge >= 0.3 is 0 Å². The third-order valence-corrected chi connectivity index (χ3v) is 4.33. The van der Waals surface area contributed by atoms with Crippen molar-refractivity contribution in [3.8, 4) is 0 Å². The number of sulfonamides is 1. The zero-order valence-electron chi connectivity index (χ0n) is 10.5. The molecule has 0 spiro atoms. The minimum Gasteiger partial charge on any atom is -0.268 e. The van der Waals surface area contributed by atoms with E-state index < -0.39 is 10.0 Å². The zero-order valence-corrected chi connectivity index (χ0v) is 12.9. The summed E-state index contributed by atoms with van der Waals surface area (Å²) in [6.45, 7) is 3.94. The van der Waals surface area contributed by atoms with Gasteiger partial charge in [-0.25, -0.2) is 8.42 Å². The van der Waals surface area contributed by atoms with Gasteiger partial charge in [-0.1, -0.05) is 22.0 Å². The maximum absolute atomic E-state index is 12.2. The van der Waals surface area contributed by atoms with Gasteiger partial charge in [-0.2, -0.15) is 5.10 Å². The first-order chi connectivity index (χ1) is 8.88. The van der Waals surface area contributed by atoms with E-state index in [0.29, 0.717) is 10.3 Å². The topological polar surface area (TPSA) is 64.0 Å². The van der Waals surface area contributed by atoms with Crippen LogP contribution < -0.4 is 4.72 Å². The SMILES string of the molecule is CC(C)n1ccc(NS(=O)(=O)c2cccc(Br)c2)n1. The number of benzene rings is 1. The van der Waals surface area contributed by atoms with Gasteiger partial charge in [0, 0.05) is 22.8 Å². The average Bonchev–Trinajstić information content (AvgIpc) is 2.77. The van der Waals surface area contributed by atoms with Crippen LogP contribution >= 0.6 is 15.9 Å². The quantitative estimate of drug-likeness (QED) is 0.927. The van der Waals surface area contributed by atoms with Gasteiger partial charge in [0.1, 0.15) is 0 Å². The van der Waals surface area contributed by atoms with E-state index in [1.54, 1.807) is 35.1 Å². The summed E-state index contributed by atoms with van der Waals surface area (Å²) in [7, 11) is -3.60. The molecule has 0 aliphatic heterocycles. The van der Waals surface area contributed by atoms with Gasteiger partial charge in [-0.05, 0) is 32.0 Å². The maximum Gasteiger partial charge on any atom is 0.263 e. The molecule has 0 saturated carbocycles. The van der Waals surface area contributed by atoms with E-state index >= 15 is 0 Å². The fraction of sp³-hybridized carbons (Fsp3) is 0.250. The van der Waals surface area contributed by atoms with Crippen LogP contribution in [0.5, 0.6) is 0 Å². The normalized spacial score (nSPS) is 11.8. The fourth-order valence-electron chi connectivity index (χ4n) is 1.51. The maximum atomic E-state index is 12.2. The predicted molar refractivity (Wildman–Crippen MR) is 77.6 cm³/mol. The summed E-state index contributed by atoms with van der Waals surface area (Å²) >= 11 is 3.25. The van der Waals surface area contributed by atoms with Crippen LogP contribution in [0.1, 0.15) is 19.9 Å². The average molecular weight is 344 g/mol. The first-order valence-corrected chi connectivity index (χ1v) is 7.99. The summed E-state index contributed by atoms with van der Waals surface area (Å²) in [5.41, 5.74) is 0. The molecule has 7 heteroatoms. The highest BCUT2D eigenvalue weighted by Gasteiger charge is 2.16. The van der Waals surface area contributed by atoms with E-state index in [1.165, 1.54) is 6.07 Å². The standard InChI is InChI=1S/C12H14BrN3O2S/c1-9(2)16-7-6-12(14-16)15-19(17,18)11-5-3-4-10(13)8-11/h3-9H,1-2H3,(H,14,15). The minimum absolute atomic E-state index is 0.184. The van der Waals surface area contributed by atoms with Crippen LogP contribution in [0, 0.1) is 0 Å². The van der Waals surface area contributed by atoms with E-state index in [9.17, 15) is 8.42 Å². The van der Waals surface area contributed by atoms with Gasteiger partial charge in [0.05, 0.1) is 4.90 Å². The zero-order chi connectivity index (χ0) is 14.0. The van der Waals surface area contributed by atoms with Crippen molar-refractivity contribution in [3.63, 3.8) is 0 Å². The third-order valence-electron chi connectivity index (χ3n) is 2.48.